The van der Waals surface area contributed by atoms with Crippen molar-refractivity contribution in [3.05, 3.63) is 10.6 Å². The second-order valence-electron chi connectivity index (χ2n) is 5.37. The summed E-state index contributed by atoms with van der Waals surface area (Å²) in [6, 6.07) is 0.423. The van der Waals surface area contributed by atoms with Gasteiger partial charge in [-0.1, -0.05) is 25.2 Å². The van der Waals surface area contributed by atoms with Crippen molar-refractivity contribution in [3.63, 3.8) is 0 Å². The van der Waals surface area contributed by atoms with Gasteiger partial charge in [-0.2, -0.15) is 0 Å². The van der Waals surface area contributed by atoms with Crippen LogP contribution >= 0.6 is 11.3 Å². The fourth-order valence-electron chi connectivity index (χ4n) is 2.63. The summed E-state index contributed by atoms with van der Waals surface area (Å²) in [4.78, 5) is 30.4. The highest BCUT2D eigenvalue weighted by Crippen LogP contribution is 2.34. The zero-order valence-electron chi connectivity index (χ0n) is 12.3. The largest absolute Gasteiger partial charge is 0.464 e. The summed E-state index contributed by atoms with van der Waals surface area (Å²) >= 11 is 1.29. The van der Waals surface area contributed by atoms with E-state index in [1.165, 1.54) is 25.4 Å². The van der Waals surface area contributed by atoms with Crippen LogP contribution in [0.15, 0.2) is 0 Å². The van der Waals surface area contributed by atoms with Gasteiger partial charge >= 0.3 is 5.97 Å². The lowest BCUT2D eigenvalue weighted by atomic mass is 10.0. The smallest absolute Gasteiger partial charge is 0.358 e. The predicted molar refractivity (Wildman–Crippen MR) is 78.7 cm³/mol. The summed E-state index contributed by atoms with van der Waals surface area (Å²) < 4.78 is 4.71. The number of ketones is 1. The maximum Gasteiger partial charge on any atom is 0.358 e. The van der Waals surface area contributed by atoms with E-state index in [4.69, 9.17) is 4.74 Å². The average molecular weight is 296 g/mol. The molecular weight excluding hydrogens is 276 g/mol. The number of thiazole rings is 1. The van der Waals surface area contributed by atoms with E-state index in [0.29, 0.717) is 16.8 Å². The molecule has 0 bridgehead atoms. The van der Waals surface area contributed by atoms with Crippen LogP contribution in [0.25, 0.3) is 0 Å². The molecule has 1 fully saturated rings. The third-order valence-corrected chi connectivity index (χ3v) is 4.82. The van der Waals surface area contributed by atoms with Crippen molar-refractivity contribution >= 4 is 28.2 Å². The number of methoxy groups -OCH3 is 1. The number of aromatic nitrogens is 1. The molecule has 0 aromatic carbocycles. The molecule has 2 rings (SSSR count). The van der Waals surface area contributed by atoms with Crippen molar-refractivity contribution in [1.29, 1.82) is 0 Å². The number of carbonyl (C=O) groups is 2. The van der Waals surface area contributed by atoms with Crippen LogP contribution in [0.3, 0.4) is 0 Å². The first-order valence-electron chi connectivity index (χ1n) is 6.82. The fourth-order valence-corrected chi connectivity index (χ4v) is 3.66. The van der Waals surface area contributed by atoms with Crippen molar-refractivity contribution < 1.29 is 14.3 Å². The molecular formula is C14H20N2O3S. The molecule has 20 heavy (non-hydrogen) atoms. The van der Waals surface area contributed by atoms with E-state index in [2.05, 4.69) is 23.7 Å². The number of ether oxygens (including phenoxy) is 1. The fraction of sp³-hybridized carbons (Fsp3) is 0.643. The molecule has 0 N–H and O–H groups in total. The van der Waals surface area contributed by atoms with Crippen molar-refractivity contribution in [2.45, 2.75) is 39.7 Å². The van der Waals surface area contributed by atoms with Gasteiger partial charge in [0.1, 0.15) is 4.88 Å². The Morgan fingerprint density at radius 2 is 2.15 bits per heavy atom. The molecule has 1 saturated heterocycles. The third kappa shape index (κ3) is 2.70. The minimum atomic E-state index is -0.544. The highest BCUT2D eigenvalue weighted by Gasteiger charge is 2.31. The Morgan fingerprint density at radius 3 is 2.70 bits per heavy atom. The van der Waals surface area contributed by atoms with Crippen molar-refractivity contribution in [2.24, 2.45) is 5.92 Å². The van der Waals surface area contributed by atoms with E-state index in [1.807, 2.05) is 0 Å². The number of esters is 1. The van der Waals surface area contributed by atoms with E-state index in [9.17, 15) is 9.59 Å². The Kier molecular flexibility index (Phi) is 4.42. The first kappa shape index (κ1) is 15.0. The van der Waals surface area contributed by atoms with Crippen LogP contribution in [0.1, 0.15) is 53.8 Å². The number of rotatable bonds is 4. The molecule has 0 spiro atoms. The zero-order valence-corrected chi connectivity index (χ0v) is 13.1. The lowest BCUT2D eigenvalue weighted by molar-refractivity contribution is 0.0591. The number of nitrogens with zero attached hydrogens (tertiary/aromatic N) is 2. The van der Waals surface area contributed by atoms with Gasteiger partial charge in [-0.15, -0.1) is 0 Å². The second kappa shape index (κ2) is 5.91. The summed E-state index contributed by atoms with van der Waals surface area (Å²) in [6.45, 7) is 6.75. The normalized spacial score (nSPS) is 18.6. The van der Waals surface area contributed by atoms with E-state index in [1.54, 1.807) is 0 Å². The van der Waals surface area contributed by atoms with Crippen LogP contribution in [0.4, 0.5) is 5.13 Å². The molecule has 0 amide bonds. The predicted octanol–water partition coefficient (Wildman–Crippen LogP) is 2.76. The second-order valence-corrected chi connectivity index (χ2v) is 6.35. The van der Waals surface area contributed by atoms with Crippen LogP contribution in [0, 0.1) is 5.92 Å². The van der Waals surface area contributed by atoms with E-state index in [0.717, 1.165) is 24.5 Å². The van der Waals surface area contributed by atoms with Gasteiger partial charge in [-0.05, 0) is 18.8 Å². The Bertz CT molecular complexity index is 524. The van der Waals surface area contributed by atoms with Crippen molar-refractivity contribution in [3.8, 4) is 0 Å². The quantitative estimate of drug-likeness (QED) is 0.631. The van der Waals surface area contributed by atoms with Gasteiger partial charge in [0.25, 0.3) is 0 Å². The molecule has 0 radical (unpaired) electrons. The molecule has 1 aliphatic rings. The highest BCUT2D eigenvalue weighted by atomic mass is 32.1. The number of Topliss-reactive ketones (excluding diaryl/α,β-unsaturated/α-hetero) is 1. The molecule has 1 atom stereocenters. The van der Waals surface area contributed by atoms with E-state index >= 15 is 0 Å². The molecule has 6 heteroatoms. The van der Waals surface area contributed by atoms with Crippen molar-refractivity contribution in [1.82, 2.24) is 4.98 Å². The van der Waals surface area contributed by atoms with Gasteiger partial charge in [-0.25, -0.2) is 9.78 Å². The van der Waals surface area contributed by atoms with Crippen LogP contribution in [-0.2, 0) is 4.74 Å². The molecule has 0 saturated carbocycles. The molecule has 110 valence electrons. The van der Waals surface area contributed by atoms with Crippen LogP contribution in [0.5, 0.6) is 0 Å². The molecule has 0 aliphatic carbocycles. The summed E-state index contributed by atoms with van der Waals surface area (Å²) in [7, 11) is 1.30. The average Bonchev–Trinajstić information content (AvgIpc) is 3.03. The number of hydrogen-bond acceptors (Lipinski definition) is 6. The molecule has 5 nitrogen and oxygen atoms in total. The van der Waals surface area contributed by atoms with Crippen molar-refractivity contribution in [2.75, 3.05) is 18.6 Å². The summed E-state index contributed by atoms with van der Waals surface area (Å²) in [5, 5.41) is 0.756. The monoisotopic (exact) mass is 296 g/mol. The van der Waals surface area contributed by atoms with Gasteiger partial charge in [0.05, 0.1) is 7.11 Å². The number of carbonyl (C=O) groups excluding carboxylic acids is 2. The zero-order chi connectivity index (χ0) is 14.9. The lowest BCUT2D eigenvalue weighted by Gasteiger charge is -2.27. The maximum absolute atomic E-state index is 11.7. The topological polar surface area (TPSA) is 59.5 Å². The Hall–Kier alpha value is -1.43. The van der Waals surface area contributed by atoms with Gasteiger partial charge in [0, 0.05) is 19.5 Å². The minimum absolute atomic E-state index is 0.144. The molecule has 1 aromatic rings. The van der Waals surface area contributed by atoms with Gasteiger partial charge in [0.2, 0.25) is 0 Å². The van der Waals surface area contributed by atoms with Gasteiger partial charge in [0.15, 0.2) is 16.6 Å². The number of hydrogen-bond donors (Lipinski definition) is 0. The molecule has 1 unspecified atom stereocenters. The van der Waals surface area contributed by atoms with E-state index in [-0.39, 0.29) is 11.5 Å². The molecule has 1 aromatic heterocycles. The van der Waals surface area contributed by atoms with Gasteiger partial charge < -0.3 is 9.64 Å². The first-order valence-corrected chi connectivity index (χ1v) is 7.64. The Labute approximate surface area is 122 Å². The highest BCUT2D eigenvalue weighted by molar-refractivity contribution is 7.17. The Morgan fingerprint density at radius 1 is 1.45 bits per heavy atom. The number of anilines is 1. The summed E-state index contributed by atoms with van der Waals surface area (Å²) in [6.07, 6.45) is 2.24. The van der Waals surface area contributed by atoms with Crippen LogP contribution in [0.2, 0.25) is 0 Å². The van der Waals surface area contributed by atoms with Crippen LogP contribution < -0.4 is 4.90 Å². The van der Waals surface area contributed by atoms with Crippen LogP contribution in [-0.4, -0.2) is 36.4 Å². The molecule has 1 aliphatic heterocycles. The lowest BCUT2D eigenvalue weighted by Crippen LogP contribution is -2.33. The third-order valence-electron chi connectivity index (χ3n) is 3.63. The summed E-state index contributed by atoms with van der Waals surface area (Å²) in [5.41, 5.74) is 0.148. The maximum atomic E-state index is 11.7. The first-order chi connectivity index (χ1) is 9.45. The Balaban J connectivity index is 2.38. The minimum Gasteiger partial charge on any atom is -0.464 e. The van der Waals surface area contributed by atoms with E-state index < -0.39 is 5.97 Å². The molecule has 2 heterocycles. The SMILES string of the molecule is COC(=O)c1nc(N2CCCC2C(C)C)sc1C(C)=O. The van der Waals surface area contributed by atoms with Gasteiger partial charge in [-0.3, -0.25) is 4.79 Å². The standard InChI is InChI=1S/C14H20N2O3S/c1-8(2)10-6-5-7-16(10)14-15-11(13(18)19-4)12(20-14)9(3)17/h8,10H,5-7H2,1-4H3. The summed E-state index contributed by atoms with van der Waals surface area (Å²) in [5.74, 6) is -0.170.